The standard InChI is InChI=1S/C17H24N2O4S2/c1-17(16(21)18-25(22,23)15-8-5-11-24-15)9-10-19(17)14(20)12-13-6-3-2-4-7-13/h5,8,11,13H,2-4,6-7,9-10,12H2,1H3,(H,18,21). The van der Waals surface area contributed by atoms with Crippen LogP contribution in [0.2, 0.25) is 0 Å². The zero-order valence-corrected chi connectivity index (χ0v) is 16.0. The Morgan fingerprint density at radius 3 is 2.60 bits per heavy atom. The summed E-state index contributed by atoms with van der Waals surface area (Å²) in [5.74, 6) is -0.266. The zero-order valence-electron chi connectivity index (χ0n) is 14.4. The van der Waals surface area contributed by atoms with Crippen LogP contribution in [0.5, 0.6) is 0 Å². The van der Waals surface area contributed by atoms with Crippen molar-refractivity contribution in [3.8, 4) is 0 Å². The molecule has 1 atom stereocenters. The van der Waals surface area contributed by atoms with Crippen molar-refractivity contribution in [2.24, 2.45) is 5.92 Å². The average Bonchev–Trinajstić information content (AvgIpc) is 3.09. The minimum absolute atomic E-state index is 0.0377. The number of nitrogens with one attached hydrogen (secondary N) is 1. The monoisotopic (exact) mass is 384 g/mol. The van der Waals surface area contributed by atoms with Crippen LogP contribution in [0.15, 0.2) is 21.7 Å². The summed E-state index contributed by atoms with van der Waals surface area (Å²) in [4.78, 5) is 26.7. The van der Waals surface area contributed by atoms with Crippen LogP contribution < -0.4 is 4.72 Å². The van der Waals surface area contributed by atoms with Crippen LogP contribution in [0.25, 0.3) is 0 Å². The molecule has 3 rings (SSSR count). The van der Waals surface area contributed by atoms with Crippen molar-refractivity contribution in [2.45, 2.75) is 61.6 Å². The molecular formula is C17H24N2O4S2. The molecular weight excluding hydrogens is 360 g/mol. The minimum atomic E-state index is -3.87. The molecule has 0 aromatic carbocycles. The maximum Gasteiger partial charge on any atom is 0.273 e. The molecule has 0 spiro atoms. The van der Waals surface area contributed by atoms with Crippen LogP contribution >= 0.6 is 11.3 Å². The molecule has 1 saturated heterocycles. The Morgan fingerprint density at radius 1 is 1.32 bits per heavy atom. The van der Waals surface area contributed by atoms with E-state index in [2.05, 4.69) is 4.72 Å². The van der Waals surface area contributed by atoms with Crippen molar-refractivity contribution in [3.05, 3.63) is 17.5 Å². The van der Waals surface area contributed by atoms with Crippen LogP contribution in [-0.2, 0) is 19.6 Å². The summed E-state index contributed by atoms with van der Waals surface area (Å²) < 4.78 is 26.8. The van der Waals surface area contributed by atoms with E-state index in [1.165, 1.54) is 12.5 Å². The quantitative estimate of drug-likeness (QED) is 0.845. The summed E-state index contributed by atoms with van der Waals surface area (Å²) in [5.41, 5.74) is -1.07. The molecule has 2 aliphatic rings. The van der Waals surface area contributed by atoms with Crippen molar-refractivity contribution in [2.75, 3.05) is 6.54 Å². The van der Waals surface area contributed by atoms with E-state index < -0.39 is 21.5 Å². The molecule has 2 heterocycles. The number of amides is 2. The fourth-order valence-electron chi connectivity index (χ4n) is 3.64. The smallest absolute Gasteiger partial charge is 0.273 e. The predicted molar refractivity (Wildman–Crippen MR) is 95.6 cm³/mol. The first-order chi connectivity index (χ1) is 11.8. The van der Waals surface area contributed by atoms with Gasteiger partial charge in [-0.3, -0.25) is 9.59 Å². The summed E-state index contributed by atoms with van der Waals surface area (Å²) in [5, 5.41) is 1.64. The topological polar surface area (TPSA) is 83.6 Å². The van der Waals surface area contributed by atoms with Gasteiger partial charge in [0, 0.05) is 13.0 Å². The van der Waals surface area contributed by atoms with Crippen LogP contribution in [-0.4, -0.2) is 37.2 Å². The second-order valence-electron chi connectivity index (χ2n) is 7.14. The van der Waals surface area contributed by atoms with Gasteiger partial charge in [0.15, 0.2) is 0 Å². The summed E-state index contributed by atoms with van der Waals surface area (Å²) in [6.07, 6.45) is 6.62. The molecule has 1 saturated carbocycles. The van der Waals surface area contributed by atoms with E-state index in [0.29, 0.717) is 25.3 Å². The van der Waals surface area contributed by atoms with Gasteiger partial charge in [0.25, 0.3) is 15.9 Å². The highest BCUT2D eigenvalue weighted by Crippen LogP contribution is 2.34. The highest BCUT2D eigenvalue weighted by atomic mass is 32.2. The number of rotatable bonds is 5. The van der Waals surface area contributed by atoms with E-state index in [9.17, 15) is 18.0 Å². The summed E-state index contributed by atoms with van der Waals surface area (Å²) in [6.45, 7) is 2.16. The molecule has 0 radical (unpaired) electrons. The van der Waals surface area contributed by atoms with Gasteiger partial charge in [-0.15, -0.1) is 11.3 Å². The van der Waals surface area contributed by atoms with E-state index >= 15 is 0 Å². The SMILES string of the molecule is CC1(C(=O)NS(=O)(=O)c2cccs2)CCN1C(=O)CC1CCCCC1. The van der Waals surface area contributed by atoms with E-state index in [4.69, 9.17) is 0 Å². The van der Waals surface area contributed by atoms with Crippen molar-refractivity contribution >= 4 is 33.2 Å². The Balaban J connectivity index is 1.64. The van der Waals surface area contributed by atoms with Gasteiger partial charge < -0.3 is 4.90 Å². The molecule has 1 aliphatic carbocycles. The molecule has 138 valence electrons. The number of hydrogen-bond donors (Lipinski definition) is 1. The Morgan fingerprint density at radius 2 is 2.04 bits per heavy atom. The first-order valence-electron chi connectivity index (χ1n) is 8.74. The van der Waals surface area contributed by atoms with Gasteiger partial charge in [0.05, 0.1) is 0 Å². The lowest BCUT2D eigenvalue weighted by Gasteiger charge is -2.49. The summed E-state index contributed by atoms with van der Waals surface area (Å²) >= 11 is 1.06. The van der Waals surface area contributed by atoms with Gasteiger partial charge >= 0.3 is 0 Å². The fraction of sp³-hybridized carbons (Fsp3) is 0.647. The summed E-state index contributed by atoms with van der Waals surface area (Å²) in [6, 6.07) is 3.07. The number of hydrogen-bond acceptors (Lipinski definition) is 5. The second-order valence-corrected chi connectivity index (χ2v) is 10.0. The molecule has 1 unspecified atom stereocenters. The van der Waals surface area contributed by atoms with E-state index in [1.807, 2.05) is 0 Å². The van der Waals surface area contributed by atoms with Gasteiger partial charge in [-0.1, -0.05) is 25.3 Å². The molecule has 8 heteroatoms. The highest BCUT2D eigenvalue weighted by Gasteiger charge is 2.50. The van der Waals surface area contributed by atoms with Gasteiger partial charge in [0.1, 0.15) is 9.75 Å². The van der Waals surface area contributed by atoms with E-state index in [0.717, 1.165) is 37.0 Å². The molecule has 25 heavy (non-hydrogen) atoms. The number of carbonyl (C=O) groups is 2. The van der Waals surface area contributed by atoms with Crippen LogP contribution in [0.3, 0.4) is 0 Å². The second kappa shape index (κ2) is 7.07. The zero-order chi connectivity index (χ0) is 18.1. The van der Waals surface area contributed by atoms with Crippen molar-refractivity contribution in [3.63, 3.8) is 0 Å². The van der Waals surface area contributed by atoms with Crippen molar-refractivity contribution < 1.29 is 18.0 Å². The Kier molecular flexibility index (Phi) is 5.20. The van der Waals surface area contributed by atoms with Gasteiger partial charge in [-0.2, -0.15) is 0 Å². The first-order valence-corrected chi connectivity index (χ1v) is 11.1. The molecule has 0 bridgehead atoms. The Hall–Kier alpha value is -1.41. The normalized spacial score (nSPS) is 24.6. The van der Waals surface area contributed by atoms with Gasteiger partial charge in [-0.25, -0.2) is 13.1 Å². The van der Waals surface area contributed by atoms with Crippen molar-refractivity contribution in [1.29, 1.82) is 0 Å². The lowest BCUT2D eigenvalue weighted by Crippen LogP contribution is -2.67. The molecule has 2 fully saturated rings. The van der Waals surface area contributed by atoms with Crippen LogP contribution in [0.4, 0.5) is 0 Å². The maximum atomic E-state index is 12.6. The molecule has 1 N–H and O–H groups in total. The van der Waals surface area contributed by atoms with E-state index in [-0.39, 0.29) is 10.1 Å². The van der Waals surface area contributed by atoms with E-state index in [1.54, 1.807) is 23.3 Å². The lowest BCUT2D eigenvalue weighted by atomic mass is 9.82. The summed E-state index contributed by atoms with van der Waals surface area (Å²) in [7, 11) is -3.87. The molecule has 1 aliphatic heterocycles. The third-order valence-electron chi connectivity index (χ3n) is 5.38. The third kappa shape index (κ3) is 3.74. The molecule has 2 amide bonds. The fourth-order valence-corrected chi connectivity index (χ4v) is 5.71. The number of likely N-dealkylation sites (tertiary alicyclic amines) is 1. The Bertz CT molecular complexity index is 739. The maximum absolute atomic E-state index is 12.6. The van der Waals surface area contributed by atoms with Crippen LogP contribution in [0.1, 0.15) is 51.9 Å². The Labute approximate surface area is 152 Å². The largest absolute Gasteiger partial charge is 0.328 e. The number of carbonyl (C=O) groups excluding carboxylic acids is 2. The number of thiophene rings is 1. The van der Waals surface area contributed by atoms with Gasteiger partial charge in [0.2, 0.25) is 5.91 Å². The first kappa shape index (κ1) is 18.4. The third-order valence-corrected chi connectivity index (χ3v) is 8.11. The highest BCUT2D eigenvalue weighted by molar-refractivity contribution is 7.92. The number of nitrogens with zero attached hydrogens (tertiary/aromatic N) is 1. The minimum Gasteiger partial charge on any atom is -0.328 e. The lowest BCUT2D eigenvalue weighted by molar-refractivity contribution is -0.157. The predicted octanol–water partition coefficient (Wildman–Crippen LogP) is 2.51. The molecule has 6 nitrogen and oxygen atoms in total. The van der Waals surface area contributed by atoms with Gasteiger partial charge in [-0.05, 0) is 43.6 Å². The van der Waals surface area contributed by atoms with Crippen molar-refractivity contribution in [1.82, 2.24) is 9.62 Å². The molecule has 1 aromatic heterocycles. The average molecular weight is 385 g/mol. The molecule has 1 aromatic rings. The van der Waals surface area contributed by atoms with Crippen LogP contribution in [0, 0.1) is 5.92 Å². The number of sulfonamides is 1.